The Labute approximate surface area is 159 Å². The maximum Gasteiger partial charge on any atom is 0.239 e. The van der Waals surface area contributed by atoms with Crippen molar-refractivity contribution in [3.05, 3.63) is 0 Å². The molecule has 3 atom stereocenters. The summed E-state index contributed by atoms with van der Waals surface area (Å²) >= 11 is 0. The van der Waals surface area contributed by atoms with Crippen molar-refractivity contribution in [3.63, 3.8) is 0 Å². The van der Waals surface area contributed by atoms with Gasteiger partial charge in [-0.2, -0.15) is 0 Å². The maximum atomic E-state index is 12.8. The molecule has 0 bridgehead atoms. The summed E-state index contributed by atoms with van der Waals surface area (Å²) in [6, 6.07) is 0. The van der Waals surface area contributed by atoms with Crippen LogP contribution in [-0.2, 0) is 19.6 Å². The van der Waals surface area contributed by atoms with Crippen LogP contribution in [0.1, 0.15) is 81.1 Å². The second-order valence-electron chi connectivity index (χ2n) is 9.30. The van der Waals surface area contributed by atoms with Crippen LogP contribution in [0.4, 0.5) is 0 Å². The second kappa shape index (κ2) is 7.61. The molecule has 1 rings (SSSR count). The van der Waals surface area contributed by atoms with Crippen LogP contribution in [0.2, 0.25) is 0 Å². The topological polar surface area (TPSA) is 80.3 Å². The average Bonchev–Trinajstić information content (AvgIpc) is 2.65. The van der Waals surface area contributed by atoms with E-state index in [1.54, 1.807) is 6.92 Å². The zero-order valence-electron chi connectivity index (χ0n) is 17.7. The number of carbonyl (C=O) groups is 2. The molecule has 0 aromatic heterocycles. The number of amides is 1. The van der Waals surface area contributed by atoms with E-state index in [9.17, 15) is 18.0 Å². The molecule has 1 fully saturated rings. The zero-order valence-corrected chi connectivity index (χ0v) is 18.5. The smallest absolute Gasteiger partial charge is 0.239 e. The highest BCUT2D eigenvalue weighted by Crippen LogP contribution is 2.55. The van der Waals surface area contributed by atoms with Crippen molar-refractivity contribution in [3.8, 4) is 0 Å². The molecule has 0 radical (unpaired) electrons. The zero-order chi connectivity index (χ0) is 20.6. The number of rotatable bonds is 8. The van der Waals surface area contributed by atoms with Gasteiger partial charge in [0.1, 0.15) is 5.78 Å². The predicted molar refractivity (Wildman–Crippen MR) is 105 cm³/mol. The molecule has 1 aliphatic rings. The van der Waals surface area contributed by atoms with Crippen LogP contribution in [0.3, 0.4) is 0 Å². The molecule has 1 amide bonds. The Bertz CT molecular complexity index is 653. The van der Waals surface area contributed by atoms with E-state index >= 15 is 0 Å². The normalized spacial score (nSPS) is 28.2. The minimum Gasteiger partial charge on any atom is -0.299 e. The molecule has 0 aliphatic heterocycles. The van der Waals surface area contributed by atoms with E-state index in [1.807, 2.05) is 48.5 Å². The standard InChI is InChI=1S/C20H37NO4S/c1-9-11-19(7,14(3)4)17(23)21-26(24,25)13-20(8)16(22)12-15(10-2)18(20,5)6/h14-15H,9-13H2,1-8H3,(H,21,23). The van der Waals surface area contributed by atoms with Gasteiger partial charge in [-0.05, 0) is 23.7 Å². The first kappa shape index (κ1) is 23.1. The number of Topliss-reactive ketones (excluding diaryl/α,β-unsaturated/α-hetero) is 1. The lowest BCUT2D eigenvalue weighted by molar-refractivity contribution is -0.131. The quantitative estimate of drug-likeness (QED) is 0.684. The second-order valence-corrected chi connectivity index (χ2v) is 11.0. The fourth-order valence-corrected chi connectivity index (χ4v) is 6.17. The van der Waals surface area contributed by atoms with E-state index < -0.39 is 32.2 Å². The van der Waals surface area contributed by atoms with E-state index in [-0.39, 0.29) is 23.4 Å². The first-order valence-corrected chi connectivity index (χ1v) is 11.4. The minimum absolute atomic E-state index is 0.0160. The number of hydrogen-bond acceptors (Lipinski definition) is 4. The van der Waals surface area contributed by atoms with Gasteiger partial charge in [0.05, 0.1) is 5.75 Å². The van der Waals surface area contributed by atoms with Gasteiger partial charge in [-0.1, -0.05) is 68.2 Å². The Kier molecular flexibility index (Phi) is 6.77. The molecule has 1 aliphatic carbocycles. The Morgan fingerprint density at radius 3 is 2.19 bits per heavy atom. The van der Waals surface area contributed by atoms with E-state index in [2.05, 4.69) is 4.72 Å². The summed E-state index contributed by atoms with van der Waals surface area (Å²) in [5.74, 6) is -0.649. The van der Waals surface area contributed by atoms with Gasteiger partial charge >= 0.3 is 0 Å². The first-order chi connectivity index (χ1) is 11.7. The van der Waals surface area contributed by atoms with Gasteiger partial charge in [-0.15, -0.1) is 0 Å². The molecule has 152 valence electrons. The fourth-order valence-electron chi connectivity index (χ4n) is 4.29. The van der Waals surface area contributed by atoms with Crippen LogP contribution < -0.4 is 4.72 Å². The monoisotopic (exact) mass is 387 g/mol. The molecule has 0 heterocycles. The van der Waals surface area contributed by atoms with Crippen molar-refractivity contribution in [1.82, 2.24) is 4.72 Å². The van der Waals surface area contributed by atoms with Crippen LogP contribution >= 0.6 is 0 Å². The Morgan fingerprint density at radius 1 is 1.27 bits per heavy atom. The third kappa shape index (κ3) is 4.00. The highest BCUT2D eigenvalue weighted by molar-refractivity contribution is 7.90. The van der Waals surface area contributed by atoms with Crippen LogP contribution in [-0.4, -0.2) is 25.9 Å². The SMILES string of the molecule is CCCC(C)(C(=O)NS(=O)(=O)CC1(C)C(=O)CC(CC)C1(C)C)C(C)C. The maximum absolute atomic E-state index is 12.8. The third-order valence-electron chi connectivity index (χ3n) is 7.27. The molecule has 0 saturated heterocycles. The van der Waals surface area contributed by atoms with Gasteiger partial charge in [0.15, 0.2) is 0 Å². The highest BCUT2D eigenvalue weighted by Gasteiger charge is 2.58. The summed E-state index contributed by atoms with van der Waals surface area (Å²) in [5.41, 5.74) is -2.16. The van der Waals surface area contributed by atoms with Crippen molar-refractivity contribution in [2.24, 2.45) is 28.1 Å². The van der Waals surface area contributed by atoms with Gasteiger partial charge in [-0.3, -0.25) is 14.3 Å². The van der Waals surface area contributed by atoms with Crippen LogP contribution in [0.15, 0.2) is 0 Å². The number of hydrogen-bond donors (Lipinski definition) is 1. The van der Waals surface area contributed by atoms with Crippen molar-refractivity contribution in [2.45, 2.75) is 81.1 Å². The summed E-state index contributed by atoms with van der Waals surface area (Å²) in [4.78, 5) is 25.5. The van der Waals surface area contributed by atoms with Crippen molar-refractivity contribution in [1.29, 1.82) is 0 Å². The van der Waals surface area contributed by atoms with Crippen molar-refractivity contribution < 1.29 is 18.0 Å². The lowest BCUT2D eigenvalue weighted by atomic mass is 9.66. The Balaban J connectivity index is 3.09. The fraction of sp³-hybridized carbons (Fsp3) is 0.900. The molecular weight excluding hydrogens is 350 g/mol. The molecule has 0 spiro atoms. The molecule has 6 heteroatoms. The summed E-state index contributed by atoms with van der Waals surface area (Å²) in [6.07, 6.45) is 2.65. The number of nitrogens with one attached hydrogen (secondary N) is 1. The average molecular weight is 388 g/mol. The van der Waals surface area contributed by atoms with Crippen LogP contribution in [0.5, 0.6) is 0 Å². The molecule has 0 aromatic rings. The Hall–Kier alpha value is -0.910. The molecule has 3 unspecified atom stereocenters. The summed E-state index contributed by atoms with van der Waals surface area (Å²) in [7, 11) is -3.91. The molecule has 1 N–H and O–H groups in total. The molecular formula is C20H37NO4S. The predicted octanol–water partition coefficient (Wildman–Crippen LogP) is 3.93. The number of ketones is 1. The molecule has 0 aromatic carbocycles. The summed E-state index contributed by atoms with van der Waals surface area (Å²) < 4.78 is 27.9. The molecule has 26 heavy (non-hydrogen) atoms. The van der Waals surface area contributed by atoms with Crippen molar-refractivity contribution in [2.75, 3.05) is 5.75 Å². The van der Waals surface area contributed by atoms with E-state index in [4.69, 9.17) is 0 Å². The van der Waals surface area contributed by atoms with Crippen LogP contribution in [0, 0.1) is 28.1 Å². The highest BCUT2D eigenvalue weighted by atomic mass is 32.2. The Morgan fingerprint density at radius 2 is 1.81 bits per heavy atom. The lowest BCUT2D eigenvalue weighted by Gasteiger charge is -2.40. The number of sulfonamides is 1. The molecule has 5 nitrogen and oxygen atoms in total. The third-order valence-corrected chi connectivity index (χ3v) is 8.73. The largest absolute Gasteiger partial charge is 0.299 e. The lowest BCUT2D eigenvalue weighted by Crippen LogP contribution is -2.50. The van der Waals surface area contributed by atoms with Crippen molar-refractivity contribution >= 4 is 21.7 Å². The van der Waals surface area contributed by atoms with Crippen LogP contribution in [0.25, 0.3) is 0 Å². The summed E-state index contributed by atoms with van der Waals surface area (Å²) in [6.45, 7) is 15.4. The van der Waals surface area contributed by atoms with E-state index in [0.717, 1.165) is 12.8 Å². The van der Waals surface area contributed by atoms with E-state index in [0.29, 0.717) is 12.8 Å². The van der Waals surface area contributed by atoms with Gasteiger partial charge in [0.2, 0.25) is 15.9 Å². The van der Waals surface area contributed by atoms with Gasteiger partial charge in [0, 0.05) is 17.3 Å². The first-order valence-electron chi connectivity index (χ1n) is 9.76. The molecule has 1 saturated carbocycles. The number of carbonyl (C=O) groups excluding carboxylic acids is 2. The summed E-state index contributed by atoms with van der Waals surface area (Å²) in [5, 5.41) is 0. The van der Waals surface area contributed by atoms with Gasteiger partial charge in [-0.25, -0.2) is 8.42 Å². The van der Waals surface area contributed by atoms with Gasteiger partial charge < -0.3 is 0 Å². The van der Waals surface area contributed by atoms with E-state index in [1.165, 1.54) is 0 Å². The van der Waals surface area contributed by atoms with Gasteiger partial charge in [0.25, 0.3) is 0 Å². The minimum atomic E-state index is -3.91.